The summed E-state index contributed by atoms with van der Waals surface area (Å²) in [7, 11) is 1.80. The van der Waals surface area contributed by atoms with Crippen molar-refractivity contribution in [1.82, 2.24) is 4.90 Å². The topological polar surface area (TPSA) is 55.6 Å². The highest BCUT2D eigenvalue weighted by Crippen LogP contribution is 2.30. The molecule has 0 spiro atoms. The molecule has 0 saturated carbocycles. The number of benzene rings is 1. The molecule has 2 atom stereocenters. The average molecular weight is 327 g/mol. The number of halogens is 1. The molecule has 2 N–H and O–H groups in total. The number of ether oxygens (including phenoxy) is 1. The van der Waals surface area contributed by atoms with Crippen LogP contribution in [0.25, 0.3) is 0 Å². The molecule has 1 aromatic carbocycles. The van der Waals surface area contributed by atoms with Crippen LogP contribution in [0.1, 0.15) is 12.5 Å². The van der Waals surface area contributed by atoms with Gasteiger partial charge in [0.2, 0.25) is 5.91 Å². The fourth-order valence-electron chi connectivity index (χ4n) is 2.30. The quantitative estimate of drug-likeness (QED) is 0.921. The summed E-state index contributed by atoms with van der Waals surface area (Å²) < 4.78 is 6.34. The highest BCUT2D eigenvalue weighted by Gasteiger charge is 2.45. The summed E-state index contributed by atoms with van der Waals surface area (Å²) in [4.78, 5) is 14.3. The third-order valence-corrected chi connectivity index (χ3v) is 4.49. The van der Waals surface area contributed by atoms with Crippen LogP contribution in [0.3, 0.4) is 0 Å². The predicted molar refractivity (Wildman–Crippen MR) is 77.5 cm³/mol. The smallest absolute Gasteiger partial charge is 0.232 e. The Kier molecular flexibility index (Phi) is 4.28. The minimum absolute atomic E-state index is 0.0354. The number of nitrogens with two attached hydrogens (primary N) is 1. The Hall–Kier alpha value is -0.910. The molecule has 2 unspecified atom stereocenters. The minimum atomic E-state index is -0.615. The third kappa shape index (κ3) is 2.83. The summed E-state index contributed by atoms with van der Waals surface area (Å²) in [5, 5.41) is 0. The lowest BCUT2D eigenvalue weighted by Gasteiger charge is -2.31. The van der Waals surface area contributed by atoms with Gasteiger partial charge in [0, 0.05) is 24.1 Å². The van der Waals surface area contributed by atoms with Crippen LogP contribution in [0, 0.1) is 5.41 Å². The van der Waals surface area contributed by atoms with Gasteiger partial charge in [-0.15, -0.1) is 0 Å². The zero-order valence-corrected chi connectivity index (χ0v) is 12.8. The van der Waals surface area contributed by atoms with E-state index in [1.54, 1.807) is 11.9 Å². The van der Waals surface area contributed by atoms with E-state index in [1.165, 1.54) is 0 Å². The van der Waals surface area contributed by atoms with Gasteiger partial charge in [-0.25, -0.2) is 0 Å². The van der Waals surface area contributed by atoms with Gasteiger partial charge >= 0.3 is 0 Å². The van der Waals surface area contributed by atoms with Gasteiger partial charge in [-0.1, -0.05) is 34.1 Å². The fourth-order valence-corrected chi connectivity index (χ4v) is 2.71. The first-order chi connectivity index (χ1) is 8.95. The maximum Gasteiger partial charge on any atom is 0.232 e. The third-order valence-electron chi connectivity index (χ3n) is 3.72. The van der Waals surface area contributed by atoms with Crippen LogP contribution in [0.4, 0.5) is 0 Å². The van der Waals surface area contributed by atoms with Gasteiger partial charge in [0.25, 0.3) is 0 Å². The molecule has 5 heteroatoms. The summed E-state index contributed by atoms with van der Waals surface area (Å²) in [6.45, 7) is 3.28. The van der Waals surface area contributed by atoms with Crippen molar-refractivity contribution in [2.24, 2.45) is 11.1 Å². The average Bonchev–Trinajstić information content (AvgIpc) is 2.72. The number of carbonyl (C=O) groups is 1. The number of hydrogen-bond acceptors (Lipinski definition) is 3. The first kappa shape index (κ1) is 14.5. The van der Waals surface area contributed by atoms with Crippen LogP contribution in [0.15, 0.2) is 28.7 Å². The highest BCUT2D eigenvalue weighted by molar-refractivity contribution is 9.10. The number of nitrogens with zero attached hydrogens (tertiary/aromatic N) is 1. The lowest BCUT2D eigenvalue weighted by Crippen LogP contribution is -2.50. The van der Waals surface area contributed by atoms with E-state index in [9.17, 15) is 4.79 Å². The van der Waals surface area contributed by atoms with E-state index in [4.69, 9.17) is 10.5 Å². The molecule has 1 aromatic rings. The van der Waals surface area contributed by atoms with Crippen LogP contribution >= 0.6 is 15.9 Å². The molecule has 1 fully saturated rings. The molecule has 1 saturated heterocycles. The summed E-state index contributed by atoms with van der Waals surface area (Å²) in [5.41, 5.74) is 6.46. The molecule has 19 heavy (non-hydrogen) atoms. The lowest BCUT2D eigenvalue weighted by atomic mass is 9.84. The standard InChI is InChI=1S/C14H19BrN2O2/c1-14(9-19-8-12(14)16)13(18)17(2)7-10-5-3-4-6-11(10)15/h3-6,12H,7-9,16H2,1-2H3. The first-order valence-corrected chi connectivity index (χ1v) is 7.07. The minimum Gasteiger partial charge on any atom is -0.379 e. The monoisotopic (exact) mass is 326 g/mol. The van der Waals surface area contributed by atoms with E-state index in [0.717, 1.165) is 10.0 Å². The van der Waals surface area contributed by atoms with Gasteiger partial charge in [0.1, 0.15) is 0 Å². The normalized spacial score (nSPS) is 26.4. The number of amides is 1. The molecule has 0 bridgehead atoms. The Morgan fingerprint density at radius 1 is 1.58 bits per heavy atom. The second-order valence-electron chi connectivity index (χ2n) is 5.29. The van der Waals surface area contributed by atoms with Crippen LogP contribution < -0.4 is 5.73 Å². The van der Waals surface area contributed by atoms with Crippen molar-refractivity contribution in [1.29, 1.82) is 0 Å². The van der Waals surface area contributed by atoms with Gasteiger partial charge in [-0.05, 0) is 18.6 Å². The van der Waals surface area contributed by atoms with E-state index in [0.29, 0.717) is 19.8 Å². The molecule has 0 radical (unpaired) electrons. The van der Waals surface area contributed by atoms with Crippen molar-refractivity contribution in [3.8, 4) is 0 Å². The summed E-state index contributed by atoms with van der Waals surface area (Å²) >= 11 is 3.50. The van der Waals surface area contributed by atoms with E-state index in [2.05, 4.69) is 15.9 Å². The van der Waals surface area contributed by atoms with Gasteiger partial charge < -0.3 is 15.4 Å². The molecule has 4 nitrogen and oxygen atoms in total. The predicted octanol–water partition coefficient (Wildman–Crippen LogP) is 1.77. The van der Waals surface area contributed by atoms with Gasteiger partial charge in [-0.2, -0.15) is 0 Å². The maximum absolute atomic E-state index is 12.5. The Bertz CT molecular complexity index is 480. The number of hydrogen-bond donors (Lipinski definition) is 1. The van der Waals surface area contributed by atoms with Crippen molar-refractivity contribution in [2.75, 3.05) is 20.3 Å². The zero-order valence-electron chi connectivity index (χ0n) is 11.2. The Balaban J connectivity index is 2.10. The maximum atomic E-state index is 12.5. The molecule has 1 amide bonds. The second-order valence-corrected chi connectivity index (χ2v) is 6.15. The van der Waals surface area contributed by atoms with Crippen molar-refractivity contribution in [2.45, 2.75) is 19.5 Å². The number of rotatable bonds is 3. The van der Waals surface area contributed by atoms with Crippen LogP contribution in [-0.4, -0.2) is 37.1 Å². The molecular formula is C14H19BrN2O2. The van der Waals surface area contributed by atoms with Crippen LogP contribution in [-0.2, 0) is 16.1 Å². The lowest BCUT2D eigenvalue weighted by molar-refractivity contribution is -0.141. The van der Waals surface area contributed by atoms with Gasteiger partial charge in [0.05, 0.1) is 18.6 Å². The molecule has 0 aliphatic carbocycles. The van der Waals surface area contributed by atoms with Crippen molar-refractivity contribution in [3.63, 3.8) is 0 Å². The van der Waals surface area contributed by atoms with Gasteiger partial charge in [0.15, 0.2) is 0 Å². The zero-order chi connectivity index (χ0) is 14.0. The molecule has 1 aliphatic heterocycles. The molecule has 1 aliphatic rings. The van der Waals surface area contributed by atoms with Crippen molar-refractivity contribution < 1.29 is 9.53 Å². The summed E-state index contributed by atoms with van der Waals surface area (Å²) in [6, 6.07) is 7.66. The Morgan fingerprint density at radius 3 is 2.84 bits per heavy atom. The van der Waals surface area contributed by atoms with Crippen LogP contribution in [0.2, 0.25) is 0 Å². The first-order valence-electron chi connectivity index (χ1n) is 6.27. The second kappa shape index (κ2) is 5.61. The van der Waals surface area contributed by atoms with Crippen molar-refractivity contribution >= 4 is 21.8 Å². The SMILES string of the molecule is CN(Cc1ccccc1Br)C(=O)C1(C)COCC1N. The Morgan fingerprint density at radius 2 is 2.26 bits per heavy atom. The Labute approximate surface area is 122 Å². The van der Waals surface area contributed by atoms with E-state index in [-0.39, 0.29) is 11.9 Å². The molecule has 2 rings (SSSR count). The summed E-state index contributed by atoms with van der Waals surface area (Å²) in [6.07, 6.45) is 0. The highest BCUT2D eigenvalue weighted by atomic mass is 79.9. The van der Waals surface area contributed by atoms with E-state index >= 15 is 0 Å². The van der Waals surface area contributed by atoms with Crippen molar-refractivity contribution in [3.05, 3.63) is 34.3 Å². The molecular weight excluding hydrogens is 308 g/mol. The summed E-state index contributed by atoms with van der Waals surface area (Å²) in [5.74, 6) is 0.0354. The fraction of sp³-hybridized carbons (Fsp3) is 0.500. The van der Waals surface area contributed by atoms with E-state index < -0.39 is 5.41 Å². The molecule has 1 heterocycles. The molecule has 0 aromatic heterocycles. The van der Waals surface area contributed by atoms with Gasteiger partial charge in [-0.3, -0.25) is 4.79 Å². The largest absolute Gasteiger partial charge is 0.379 e. The number of carbonyl (C=O) groups excluding carboxylic acids is 1. The van der Waals surface area contributed by atoms with E-state index in [1.807, 2.05) is 31.2 Å². The van der Waals surface area contributed by atoms with Crippen LogP contribution in [0.5, 0.6) is 0 Å². The molecule has 104 valence electrons.